The fraction of sp³-hybridized carbons (Fsp3) is 0.308. The summed E-state index contributed by atoms with van der Waals surface area (Å²) in [5.74, 6) is 0. The Labute approximate surface area is 122 Å². The van der Waals surface area contributed by atoms with Crippen LogP contribution in [0.25, 0.3) is 5.69 Å². The van der Waals surface area contributed by atoms with Gasteiger partial charge in [-0.25, -0.2) is 4.68 Å². The van der Waals surface area contributed by atoms with Crippen LogP contribution in [0.15, 0.2) is 34.9 Å². The molecule has 0 fully saturated rings. The smallest absolute Gasteiger partial charge is 0.313 e. The van der Waals surface area contributed by atoms with E-state index in [2.05, 4.69) is 26.3 Å². The Kier molecular flexibility index (Phi) is 4.49. The Morgan fingerprint density at radius 2 is 2.05 bits per heavy atom. The minimum atomic E-state index is -4.43. The molecular weight excluding hydrogens is 335 g/mol. The Hall–Kier alpha value is -1.34. The number of aromatic nitrogens is 2. The van der Waals surface area contributed by atoms with E-state index in [1.807, 2.05) is 13.0 Å². The quantitative estimate of drug-likeness (QED) is 0.912. The molecule has 1 aromatic heterocycles. The molecule has 1 N–H and O–H groups in total. The van der Waals surface area contributed by atoms with Gasteiger partial charge in [-0.3, -0.25) is 0 Å². The molecule has 1 aromatic carbocycles. The van der Waals surface area contributed by atoms with Crippen molar-refractivity contribution in [2.75, 3.05) is 6.54 Å². The van der Waals surface area contributed by atoms with Crippen molar-refractivity contribution in [3.05, 3.63) is 46.2 Å². The zero-order valence-electron chi connectivity index (χ0n) is 10.7. The second kappa shape index (κ2) is 5.97. The van der Waals surface area contributed by atoms with E-state index in [0.717, 1.165) is 22.6 Å². The first-order valence-electron chi connectivity index (χ1n) is 6.04. The second-order valence-corrected chi connectivity index (χ2v) is 5.11. The molecule has 0 radical (unpaired) electrons. The summed E-state index contributed by atoms with van der Waals surface area (Å²) in [6.45, 7) is 3.30. The van der Waals surface area contributed by atoms with Crippen LogP contribution in [0.3, 0.4) is 0 Å². The average Bonchev–Trinajstić information content (AvgIpc) is 2.85. The number of nitrogens with one attached hydrogen (secondary N) is 1. The van der Waals surface area contributed by atoms with Gasteiger partial charge >= 0.3 is 6.18 Å². The molecule has 1 heterocycles. The minimum Gasteiger partial charge on any atom is -0.313 e. The monoisotopic (exact) mass is 347 g/mol. The Morgan fingerprint density at radius 3 is 2.65 bits per heavy atom. The maximum atomic E-state index is 12.6. The number of halogens is 4. The molecule has 0 aliphatic rings. The summed E-state index contributed by atoms with van der Waals surface area (Å²) < 4.78 is 39.9. The SMILES string of the molecule is CCNCc1cc(Br)ccc1-n1ccc(C(F)(F)F)n1. The molecule has 0 aliphatic carbocycles. The van der Waals surface area contributed by atoms with Crippen LogP contribution >= 0.6 is 15.9 Å². The molecule has 0 atom stereocenters. The van der Waals surface area contributed by atoms with Gasteiger partial charge in [0.2, 0.25) is 0 Å². The lowest BCUT2D eigenvalue weighted by molar-refractivity contribution is -0.141. The minimum absolute atomic E-state index is 0.562. The number of hydrogen-bond acceptors (Lipinski definition) is 2. The van der Waals surface area contributed by atoms with E-state index in [0.29, 0.717) is 12.2 Å². The lowest BCUT2D eigenvalue weighted by Gasteiger charge is -2.11. The second-order valence-electron chi connectivity index (χ2n) is 4.20. The number of nitrogens with zero attached hydrogens (tertiary/aromatic N) is 2. The summed E-state index contributed by atoms with van der Waals surface area (Å²) in [6.07, 6.45) is -3.11. The maximum absolute atomic E-state index is 12.6. The van der Waals surface area contributed by atoms with E-state index in [1.54, 1.807) is 12.1 Å². The summed E-state index contributed by atoms with van der Waals surface area (Å²) in [6, 6.07) is 6.36. The van der Waals surface area contributed by atoms with Crippen molar-refractivity contribution in [3.63, 3.8) is 0 Å². The third kappa shape index (κ3) is 3.40. The highest BCUT2D eigenvalue weighted by Gasteiger charge is 2.33. The molecule has 0 bridgehead atoms. The van der Waals surface area contributed by atoms with Crippen molar-refractivity contribution < 1.29 is 13.2 Å². The summed E-state index contributed by atoms with van der Waals surface area (Å²) in [7, 11) is 0. The van der Waals surface area contributed by atoms with Crippen molar-refractivity contribution in [2.24, 2.45) is 0 Å². The highest BCUT2D eigenvalue weighted by atomic mass is 79.9. The topological polar surface area (TPSA) is 29.9 Å². The van der Waals surface area contributed by atoms with Crippen molar-refractivity contribution >= 4 is 15.9 Å². The fourth-order valence-corrected chi connectivity index (χ4v) is 2.20. The zero-order chi connectivity index (χ0) is 14.8. The van der Waals surface area contributed by atoms with Crippen molar-refractivity contribution in [1.82, 2.24) is 15.1 Å². The largest absolute Gasteiger partial charge is 0.435 e. The Bertz CT molecular complexity index is 593. The molecular formula is C13H13BrF3N3. The maximum Gasteiger partial charge on any atom is 0.435 e. The molecule has 0 unspecified atom stereocenters. The van der Waals surface area contributed by atoms with Crippen LogP contribution in [0.5, 0.6) is 0 Å². The first-order valence-corrected chi connectivity index (χ1v) is 6.83. The fourth-order valence-electron chi connectivity index (χ4n) is 1.79. The first-order chi connectivity index (χ1) is 9.41. The molecule has 0 saturated heterocycles. The highest BCUT2D eigenvalue weighted by molar-refractivity contribution is 9.10. The normalized spacial score (nSPS) is 11.8. The summed E-state index contributed by atoms with van der Waals surface area (Å²) in [5, 5.41) is 6.75. The number of benzene rings is 1. The predicted molar refractivity (Wildman–Crippen MR) is 73.6 cm³/mol. The summed E-state index contributed by atoms with van der Waals surface area (Å²) in [4.78, 5) is 0. The van der Waals surface area contributed by atoms with E-state index in [1.165, 1.54) is 10.9 Å². The summed E-state index contributed by atoms with van der Waals surface area (Å²) in [5.41, 5.74) is 0.609. The van der Waals surface area contributed by atoms with Crippen molar-refractivity contribution in [1.29, 1.82) is 0 Å². The van der Waals surface area contributed by atoms with Gasteiger partial charge in [0.25, 0.3) is 0 Å². The molecule has 7 heteroatoms. The lowest BCUT2D eigenvalue weighted by atomic mass is 10.2. The number of rotatable bonds is 4. The molecule has 2 rings (SSSR count). The van der Waals surface area contributed by atoms with Crippen LogP contribution in [-0.2, 0) is 12.7 Å². The Balaban J connectivity index is 2.39. The van der Waals surface area contributed by atoms with Gasteiger partial charge in [0.15, 0.2) is 5.69 Å². The summed E-state index contributed by atoms with van der Waals surface area (Å²) >= 11 is 3.36. The van der Waals surface area contributed by atoms with Crippen molar-refractivity contribution in [3.8, 4) is 5.69 Å². The molecule has 0 saturated carbocycles. The molecule has 2 aromatic rings. The van der Waals surface area contributed by atoms with Gasteiger partial charge < -0.3 is 5.32 Å². The van der Waals surface area contributed by atoms with E-state index < -0.39 is 11.9 Å². The van der Waals surface area contributed by atoms with Gasteiger partial charge in [-0.2, -0.15) is 18.3 Å². The molecule has 0 aliphatic heterocycles. The van der Waals surface area contributed by atoms with Crippen LogP contribution in [0, 0.1) is 0 Å². The molecule has 20 heavy (non-hydrogen) atoms. The van der Waals surface area contributed by atoms with Gasteiger partial charge in [-0.05, 0) is 36.4 Å². The van der Waals surface area contributed by atoms with Crippen molar-refractivity contribution in [2.45, 2.75) is 19.6 Å². The molecule has 0 amide bonds. The van der Waals surface area contributed by atoms with Gasteiger partial charge in [0.05, 0.1) is 5.69 Å². The first kappa shape index (κ1) is 15.1. The van der Waals surface area contributed by atoms with Crippen LogP contribution in [0.2, 0.25) is 0 Å². The number of alkyl halides is 3. The third-order valence-corrected chi connectivity index (χ3v) is 3.23. The van der Waals surface area contributed by atoms with Crippen LogP contribution < -0.4 is 5.32 Å². The lowest BCUT2D eigenvalue weighted by Crippen LogP contribution is -2.14. The van der Waals surface area contributed by atoms with E-state index in [9.17, 15) is 13.2 Å². The van der Waals surface area contributed by atoms with E-state index in [4.69, 9.17) is 0 Å². The standard InChI is InChI=1S/C13H13BrF3N3/c1-2-18-8-9-7-10(14)3-4-11(9)20-6-5-12(19-20)13(15,16)17/h3-7,18H,2,8H2,1H3. The van der Waals surface area contributed by atoms with Crippen LogP contribution in [-0.4, -0.2) is 16.3 Å². The van der Waals surface area contributed by atoms with Gasteiger partial charge in [0, 0.05) is 17.2 Å². The third-order valence-electron chi connectivity index (χ3n) is 2.73. The highest BCUT2D eigenvalue weighted by Crippen LogP contribution is 2.28. The van der Waals surface area contributed by atoms with Crippen LogP contribution in [0.1, 0.15) is 18.2 Å². The molecule has 3 nitrogen and oxygen atoms in total. The average molecular weight is 348 g/mol. The molecule has 108 valence electrons. The number of hydrogen-bond donors (Lipinski definition) is 1. The predicted octanol–water partition coefficient (Wildman–Crippen LogP) is 3.76. The molecule has 0 spiro atoms. The van der Waals surface area contributed by atoms with Gasteiger partial charge in [0.1, 0.15) is 0 Å². The Morgan fingerprint density at radius 1 is 1.30 bits per heavy atom. The van der Waals surface area contributed by atoms with Gasteiger partial charge in [-0.1, -0.05) is 22.9 Å². The van der Waals surface area contributed by atoms with E-state index >= 15 is 0 Å². The van der Waals surface area contributed by atoms with Gasteiger partial charge in [-0.15, -0.1) is 0 Å². The van der Waals surface area contributed by atoms with E-state index in [-0.39, 0.29) is 0 Å². The van der Waals surface area contributed by atoms with Crippen LogP contribution in [0.4, 0.5) is 13.2 Å². The zero-order valence-corrected chi connectivity index (χ0v) is 12.3.